The van der Waals surface area contributed by atoms with Crippen molar-refractivity contribution in [1.82, 2.24) is 10.3 Å². The summed E-state index contributed by atoms with van der Waals surface area (Å²) in [6, 6.07) is 3.66. The average Bonchev–Trinajstić information content (AvgIpc) is 2.96. The first-order chi connectivity index (χ1) is 9.74. The van der Waals surface area contributed by atoms with E-state index in [9.17, 15) is 0 Å². The average molecular weight is 313 g/mol. The van der Waals surface area contributed by atoms with E-state index >= 15 is 0 Å². The Labute approximate surface area is 127 Å². The van der Waals surface area contributed by atoms with Crippen LogP contribution in [0.4, 0.5) is 0 Å². The van der Waals surface area contributed by atoms with Crippen LogP contribution in [0.25, 0.3) is 0 Å². The number of nitrogens with one attached hydrogen (secondary N) is 1. The maximum Gasteiger partial charge on any atom is 0.166 e. The van der Waals surface area contributed by atoms with Gasteiger partial charge < -0.3 is 14.8 Å². The lowest BCUT2D eigenvalue weighted by Crippen LogP contribution is -2.13. The molecule has 2 aromatic rings. The molecule has 1 N–H and O–H groups in total. The largest absolute Gasteiger partial charge is 0.493 e. The molecule has 1 heterocycles. The third-order valence-electron chi connectivity index (χ3n) is 2.72. The summed E-state index contributed by atoms with van der Waals surface area (Å²) in [6.45, 7) is 4.09. The Morgan fingerprint density at radius 1 is 1.40 bits per heavy atom. The van der Waals surface area contributed by atoms with Crippen molar-refractivity contribution in [2.24, 2.45) is 0 Å². The van der Waals surface area contributed by atoms with Gasteiger partial charge in [-0.3, -0.25) is 4.98 Å². The van der Waals surface area contributed by atoms with Crippen LogP contribution in [-0.4, -0.2) is 18.6 Å². The molecule has 0 saturated heterocycles. The minimum absolute atomic E-state index is 0.474. The van der Waals surface area contributed by atoms with E-state index in [1.54, 1.807) is 36.2 Å². The summed E-state index contributed by atoms with van der Waals surface area (Å²) in [7, 11) is 1.61. The Hall–Kier alpha value is -1.30. The number of benzene rings is 1. The summed E-state index contributed by atoms with van der Waals surface area (Å²) in [5.41, 5.74) is 2.78. The van der Waals surface area contributed by atoms with E-state index < -0.39 is 0 Å². The number of ether oxygens (including phenoxy) is 2. The van der Waals surface area contributed by atoms with Crippen molar-refractivity contribution < 1.29 is 9.47 Å². The van der Waals surface area contributed by atoms with Gasteiger partial charge in [0, 0.05) is 29.4 Å². The second kappa shape index (κ2) is 7.47. The van der Waals surface area contributed by atoms with Crippen molar-refractivity contribution in [3.63, 3.8) is 0 Å². The fourth-order valence-electron chi connectivity index (χ4n) is 1.79. The molecule has 0 atom stereocenters. The second-order valence-corrected chi connectivity index (χ2v) is 5.54. The molecule has 0 aliphatic rings. The van der Waals surface area contributed by atoms with Gasteiger partial charge in [0.15, 0.2) is 11.5 Å². The van der Waals surface area contributed by atoms with Crippen LogP contribution in [0.15, 0.2) is 23.8 Å². The lowest BCUT2D eigenvalue weighted by molar-refractivity contribution is 0.283. The minimum Gasteiger partial charge on any atom is -0.493 e. The number of hydrogen-bond donors (Lipinski definition) is 1. The van der Waals surface area contributed by atoms with Gasteiger partial charge in [-0.05, 0) is 12.6 Å². The third kappa shape index (κ3) is 3.85. The van der Waals surface area contributed by atoms with Crippen LogP contribution >= 0.6 is 22.9 Å². The maximum atomic E-state index is 6.11. The van der Waals surface area contributed by atoms with Gasteiger partial charge in [-0.1, -0.05) is 18.5 Å². The molecule has 0 radical (unpaired) electrons. The van der Waals surface area contributed by atoms with Crippen molar-refractivity contribution in [2.75, 3.05) is 13.7 Å². The number of methoxy groups -OCH3 is 1. The molecule has 1 aromatic carbocycles. The topological polar surface area (TPSA) is 43.4 Å². The molecule has 0 aliphatic heterocycles. The highest BCUT2D eigenvalue weighted by molar-refractivity contribution is 7.09. The Kier molecular flexibility index (Phi) is 5.64. The number of thiazole rings is 1. The molecule has 0 bridgehead atoms. The van der Waals surface area contributed by atoms with Gasteiger partial charge in [0.05, 0.1) is 17.5 Å². The smallest absolute Gasteiger partial charge is 0.166 e. The molecule has 6 heteroatoms. The molecule has 0 unspecified atom stereocenters. The van der Waals surface area contributed by atoms with Crippen molar-refractivity contribution in [3.8, 4) is 11.5 Å². The summed E-state index contributed by atoms with van der Waals surface area (Å²) in [6.07, 6.45) is 1.80. The van der Waals surface area contributed by atoms with Gasteiger partial charge in [0.25, 0.3) is 0 Å². The first-order valence-electron chi connectivity index (χ1n) is 6.32. The zero-order chi connectivity index (χ0) is 14.4. The van der Waals surface area contributed by atoms with Crippen LogP contribution in [-0.2, 0) is 13.2 Å². The highest BCUT2D eigenvalue weighted by Crippen LogP contribution is 2.35. The molecule has 108 valence electrons. The normalized spacial score (nSPS) is 10.6. The SMILES string of the molecule is CCNCc1cc(Cl)cc(OC)c1OCc1cncs1. The molecule has 0 saturated carbocycles. The maximum absolute atomic E-state index is 6.11. The lowest BCUT2D eigenvalue weighted by Gasteiger charge is -2.15. The highest BCUT2D eigenvalue weighted by Gasteiger charge is 2.13. The highest BCUT2D eigenvalue weighted by atomic mass is 35.5. The second-order valence-electron chi connectivity index (χ2n) is 4.13. The molecule has 0 amide bonds. The van der Waals surface area contributed by atoms with E-state index in [2.05, 4.69) is 17.2 Å². The fourth-order valence-corrected chi connectivity index (χ4v) is 2.52. The van der Waals surface area contributed by atoms with Crippen molar-refractivity contribution in [1.29, 1.82) is 0 Å². The number of rotatable bonds is 7. The molecular formula is C14H17ClN2O2S. The zero-order valence-corrected chi connectivity index (χ0v) is 13.1. The molecular weight excluding hydrogens is 296 g/mol. The number of aromatic nitrogens is 1. The van der Waals surface area contributed by atoms with E-state index in [-0.39, 0.29) is 0 Å². The molecule has 20 heavy (non-hydrogen) atoms. The Balaban J connectivity index is 2.22. The molecule has 0 spiro atoms. The van der Waals surface area contributed by atoms with E-state index in [4.69, 9.17) is 21.1 Å². The summed E-state index contributed by atoms with van der Waals surface area (Å²) in [4.78, 5) is 5.10. The lowest BCUT2D eigenvalue weighted by atomic mass is 10.2. The van der Waals surface area contributed by atoms with E-state index in [1.807, 2.05) is 6.07 Å². The first-order valence-corrected chi connectivity index (χ1v) is 7.57. The van der Waals surface area contributed by atoms with Crippen LogP contribution in [0.5, 0.6) is 11.5 Å². The molecule has 0 fully saturated rings. The minimum atomic E-state index is 0.474. The van der Waals surface area contributed by atoms with Gasteiger partial charge in [-0.25, -0.2) is 0 Å². The summed E-state index contributed by atoms with van der Waals surface area (Å²) < 4.78 is 11.3. The van der Waals surface area contributed by atoms with E-state index in [0.717, 1.165) is 22.7 Å². The van der Waals surface area contributed by atoms with E-state index in [0.29, 0.717) is 23.9 Å². The first kappa shape index (κ1) is 15.1. The molecule has 2 rings (SSSR count). The van der Waals surface area contributed by atoms with Gasteiger partial charge in [-0.2, -0.15) is 0 Å². The van der Waals surface area contributed by atoms with Gasteiger partial charge in [0.2, 0.25) is 0 Å². The van der Waals surface area contributed by atoms with Crippen molar-refractivity contribution >= 4 is 22.9 Å². The summed E-state index contributed by atoms with van der Waals surface area (Å²) in [5.74, 6) is 1.38. The third-order valence-corrected chi connectivity index (χ3v) is 3.70. The van der Waals surface area contributed by atoms with Crippen LogP contribution in [0.3, 0.4) is 0 Å². The van der Waals surface area contributed by atoms with E-state index in [1.165, 1.54) is 0 Å². The predicted molar refractivity (Wildman–Crippen MR) is 81.8 cm³/mol. The number of hydrogen-bond acceptors (Lipinski definition) is 5. The van der Waals surface area contributed by atoms with Crippen LogP contribution in [0, 0.1) is 0 Å². The molecule has 0 aliphatic carbocycles. The molecule has 4 nitrogen and oxygen atoms in total. The van der Waals surface area contributed by atoms with Crippen LogP contribution in [0.2, 0.25) is 5.02 Å². The fraction of sp³-hybridized carbons (Fsp3) is 0.357. The summed E-state index contributed by atoms with van der Waals surface area (Å²) >= 11 is 7.67. The van der Waals surface area contributed by atoms with Gasteiger partial charge in [-0.15, -0.1) is 11.3 Å². The predicted octanol–water partition coefficient (Wildman–Crippen LogP) is 3.49. The Bertz CT molecular complexity index is 546. The monoisotopic (exact) mass is 312 g/mol. The standard InChI is InChI=1S/C14H17ClN2O2S/c1-3-16-6-10-4-11(15)5-13(18-2)14(10)19-8-12-7-17-9-20-12/h4-5,7,9,16H,3,6,8H2,1-2H3. The van der Waals surface area contributed by atoms with Crippen molar-refractivity contribution in [3.05, 3.63) is 39.3 Å². The Morgan fingerprint density at radius 2 is 2.25 bits per heavy atom. The Morgan fingerprint density at radius 3 is 2.90 bits per heavy atom. The summed E-state index contributed by atoms with van der Waals surface area (Å²) in [5, 5.41) is 3.91. The quantitative estimate of drug-likeness (QED) is 0.850. The van der Waals surface area contributed by atoms with Crippen molar-refractivity contribution in [2.45, 2.75) is 20.1 Å². The van der Waals surface area contributed by atoms with Crippen LogP contribution < -0.4 is 14.8 Å². The number of halogens is 1. The molecule has 1 aromatic heterocycles. The number of nitrogens with zero attached hydrogens (tertiary/aromatic N) is 1. The van der Waals surface area contributed by atoms with Gasteiger partial charge >= 0.3 is 0 Å². The zero-order valence-electron chi connectivity index (χ0n) is 11.5. The van der Waals surface area contributed by atoms with Gasteiger partial charge in [0.1, 0.15) is 6.61 Å². The van der Waals surface area contributed by atoms with Crippen LogP contribution in [0.1, 0.15) is 17.4 Å².